The minimum absolute atomic E-state index is 0.973. The van der Waals surface area contributed by atoms with Crippen LogP contribution >= 0.6 is 11.3 Å². The summed E-state index contributed by atoms with van der Waals surface area (Å²) >= 11 is 1.86. The second-order valence-electron chi connectivity index (χ2n) is 4.85. The number of benzene rings is 2. The molecular formula is C16H16OS. The van der Waals surface area contributed by atoms with Gasteiger partial charge in [0.25, 0.3) is 0 Å². The molecule has 1 heterocycles. The Morgan fingerprint density at radius 1 is 0.778 bits per heavy atom. The van der Waals surface area contributed by atoms with Crippen LogP contribution in [0.4, 0.5) is 0 Å². The molecule has 0 radical (unpaired) electrons. The first-order valence-electron chi connectivity index (χ1n) is 6.08. The van der Waals surface area contributed by atoms with Gasteiger partial charge in [-0.2, -0.15) is 0 Å². The topological polar surface area (TPSA) is 9.23 Å². The average Bonchev–Trinajstić information content (AvgIpc) is 2.65. The Labute approximate surface area is 111 Å². The Bertz CT molecular complexity index is 753. The molecule has 2 heteroatoms. The van der Waals surface area contributed by atoms with Gasteiger partial charge in [0.1, 0.15) is 5.75 Å². The third kappa shape index (κ3) is 1.60. The summed E-state index contributed by atoms with van der Waals surface area (Å²) in [5.74, 6) is 0.973. The van der Waals surface area contributed by atoms with E-state index in [0.29, 0.717) is 0 Å². The molecule has 0 fully saturated rings. The van der Waals surface area contributed by atoms with Crippen molar-refractivity contribution in [2.75, 3.05) is 7.11 Å². The zero-order chi connectivity index (χ0) is 12.9. The average molecular weight is 256 g/mol. The highest BCUT2D eigenvalue weighted by atomic mass is 32.1. The van der Waals surface area contributed by atoms with E-state index in [4.69, 9.17) is 4.74 Å². The fourth-order valence-electron chi connectivity index (χ4n) is 2.38. The monoisotopic (exact) mass is 256 g/mol. The number of fused-ring (bicyclic) bond motifs is 3. The Morgan fingerprint density at radius 3 is 2.00 bits per heavy atom. The van der Waals surface area contributed by atoms with Gasteiger partial charge < -0.3 is 4.74 Å². The predicted octanol–water partition coefficient (Wildman–Crippen LogP) is 4.99. The van der Waals surface area contributed by atoms with Gasteiger partial charge in [0.2, 0.25) is 0 Å². The van der Waals surface area contributed by atoms with E-state index in [-0.39, 0.29) is 0 Å². The van der Waals surface area contributed by atoms with Crippen molar-refractivity contribution in [2.45, 2.75) is 20.8 Å². The van der Waals surface area contributed by atoms with E-state index >= 15 is 0 Å². The molecule has 0 aliphatic carbocycles. The molecule has 92 valence electrons. The van der Waals surface area contributed by atoms with Crippen molar-refractivity contribution in [3.05, 3.63) is 41.0 Å². The summed E-state index contributed by atoms with van der Waals surface area (Å²) in [7, 11) is 1.73. The molecule has 0 atom stereocenters. The Kier molecular flexibility index (Phi) is 2.56. The number of hydrogen-bond acceptors (Lipinski definition) is 2. The van der Waals surface area contributed by atoms with E-state index < -0.39 is 0 Å². The molecular weight excluding hydrogens is 240 g/mol. The first-order chi connectivity index (χ1) is 8.60. The molecule has 0 aliphatic heterocycles. The van der Waals surface area contributed by atoms with Crippen molar-refractivity contribution in [1.29, 1.82) is 0 Å². The summed E-state index contributed by atoms with van der Waals surface area (Å²) in [6.45, 7) is 6.44. The van der Waals surface area contributed by atoms with Gasteiger partial charge in [-0.1, -0.05) is 0 Å². The van der Waals surface area contributed by atoms with Gasteiger partial charge in [-0.05, 0) is 61.7 Å². The summed E-state index contributed by atoms with van der Waals surface area (Å²) in [6, 6.07) is 8.97. The van der Waals surface area contributed by atoms with Gasteiger partial charge in [-0.25, -0.2) is 0 Å². The highest BCUT2D eigenvalue weighted by molar-refractivity contribution is 7.25. The van der Waals surface area contributed by atoms with E-state index in [1.807, 2.05) is 11.3 Å². The molecule has 2 aromatic carbocycles. The van der Waals surface area contributed by atoms with Crippen LogP contribution in [-0.4, -0.2) is 7.11 Å². The molecule has 0 N–H and O–H groups in total. The molecule has 1 nitrogen and oxygen atoms in total. The molecule has 0 aliphatic rings. The number of aryl methyl sites for hydroxylation is 3. The molecule has 18 heavy (non-hydrogen) atoms. The number of rotatable bonds is 1. The quantitative estimate of drug-likeness (QED) is 0.596. The lowest BCUT2D eigenvalue weighted by atomic mass is 10.0. The summed E-state index contributed by atoms with van der Waals surface area (Å²) in [4.78, 5) is 0. The fraction of sp³-hybridized carbons (Fsp3) is 0.250. The van der Waals surface area contributed by atoms with Gasteiger partial charge in [0, 0.05) is 20.2 Å². The van der Waals surface area contributed by atoms with Crippen molar-refractivity contribution in [3.63, 3.8) is 0 Å². The van der Waals surface area contributed by atoms with Crippen LogP contribution in [0.5, 0.6) is 5.75 Å². The molecule has 0 amide bonds. The van der Waals surface area contributed by atoms with Crippen molar-refractivity contribution in [3.8, 4) is 5.75 Å². The van der Waals surface area contributed by atoms with Crippen molar-refractivity contribution >= 4 is 31.5 Å². The summed E-state index contributed by atoms with van der Waals surface area (Å²) in [5, 5.41) is 2.65. The first kappa shape index (κ1) is 11.5. The zero-order valence-electron chi connectivity index (χ0n) is 11.1. The normalized spacial score (nSPS) is 11.3. The largest absolute Gasteiger partial charge is 0.496 e. The highest BCUT2D eigenvalue weighted by Gasteiger charge is 2.09. The molecule has 1 aromatic heterocycles. The lowest BCUT2D eigenvalue weighted by Gasteiger charge is -2.04. The maximum Gasteiger partial charge on any atom is 0.122 e. The second kappa shape index (κ2) is 3.99. The van der Waals surface area contributed by atoms with Gasteiger partial charge in [0.15, 0.2) is 0 Å². The third-order valence-electron chi connectivity index (χ3n) is 3.60. The van der Waals surface area contributed by atoms with Gasteiger partial charge >= 0.3 is 0 Å². The van der Waals surface area contributed by atoms with Crippen LogP contribution in [0.15, 0.2) is 24.3 Å². The summed E-state index contributed by atoms with van der Waals surface area (Å²) in [5.41, 5.74) is 3.91. The summed E-state index contributed by atoms with van der Waals surface area (Å²) in [6.07, 6.45) is 0. The molecule has 0 saturated heterocycles. The van der Waals surface area contributed by atoms with Crippen molar-refractivity contribution in [1.82, 2.24) is 0 Å². The van der Waals surface area contributed by atoms with Crippen LogP contribution in [0, 0.1) is 20.8 Å². The molecule has 3 aromatic rings. The van der Waals surface area contributed by atoms with E-state index in [1.54, 1.807) is 7.11 Å². The molecule has 0 spiro atoms. The van der Waals surface area contributed by atoms with Crippen LogP contribution in [0.3, 0.4) is 0 Å². The molecule has 0 unspecified atom stereocenters. The first-order valence-corrected chi connectivity index (χ1v) is 6.90. The van der Waals surface area contributed by atoms with E-state index in [2.05, 4.69) is 45.0 Å². The zero-order valence-corrected chi connectivity index (χ0v) is 11.9. The Hall–Kier alpha value is -1.54. The minimum atomic E-state index is 0.973. The number of methoxy groups -OCH3 is 1. The number of thiophene rings is 1. The van der Waals surface area contributed by atoms with Crippen LogP contribution in [0.25, 0.3) is 20.2 Å². The maximum absolute atomic E-state index is 5.43. The molecule has 3 rings (SSSR count). The predicted molar refractivity (Wildman–Crippen MR) is 80.1 cm³/mol. The molecule has 0 saturated carbocycles. The SMILES string of the molecule is COc1cc2c(cc1C)sc1cc(C)c(C)cc12. The van der Waals surface area contributed by atoms with Gasteiger partial charge in [-0.15, -0.1) is 11.3 Å². The lowest BCUT2D eigenvalue weighted by molar-refractivity contribution is 0.412. The standard InChI is InChI=1S/C16H16OS/c1-9-5-12-13-8-14(17-4)11(3)7-16(13)18-15(12)6-10(9)2/h5-8H,1-4H3. The van der Waals surface area contributed by atoms with E-state index in [0.717, 1.165) is 5.75 Å². The van der Waals surface area contributed by atoms with Crippen molar-refractivity contribution < 1.29 is 4.74 Å². The van der Waals surface area contributed by atoms with Crippen LogP contribution in [-0.2, 0) is 0 Å². The highest BCUT2D eigenvalue weighted by Crippen LogP contribution is 2.38. The van der Waals surface area contributed by atoms with E-state index in [9.17, 15) is 0 Å². The van der Waals surface area contributed by atoms with Gasteiger partial charge in [-0.3, -0.25) is 0 Å². The Morgan fingerprint density at radius 2 is 1.33 bits per heavy atom. The lowest BCUT2D eigenvalue weighted by Crippen LogP contribution is -1.86. The number of ether oxygens (including phenoxy) is 1. The summed E-state index contributed by atoms with van der Waals surface area (Å²) < 4.78 is 8.13. The van der Waals surface area contributed by atoms with E-state index in [1.165, 1.54) is 36.9 Å². The molecule has 0 bridgehead atoms. The minimum Gasteiger partial charge on any atom is -0.496 e. The van der Waals surface area contributed by atoms with Crippen LogP contribution < -0.4 is 4.74 Å². The van der Waals surface area contributed by atoms with Crippen molar-refractivity contribution in [2.24, 2.45) is 0 Å². The number of hydrogen-bond donors (Lipinski definition) is 0. The maximum atomic E-state index is 5.43. The van der Waals surface area contributed by atoms with Crippen LogP contribution in [0.2, 0.25) is 0 Å². The Balaban J connectivity index is 2.45. The second-order valence-corrected chi connectivity index (χ2v) is 5.94. The smallest absolute Gasteiger partial charge is 0.122 e. The van der Waals surface area contributed by atoms with Crippen LogP contribution in [0.1, 0.15) is 16.7 Å². The fourth-order valence-corrected chi connectivity index (χ4v) is 3.65. The van der Waals surface area contributed by atoms with Gasteiger partial charge in [0.05, 0.1) is 7.11 Å². The third-order valence-corrected chi connectivity index (χ3v) is 4.72.